The lowest BCUT2D eigenvalue weighted by Gasteiger charge is -2.30. The first-order chi connectivity index (χ1) is 13.6. The highest BCUT2D eigenvalue weighted by molar-refractivity contribution is 8.14. The fourth-order valence-corrected chi connectivity index (χ4v) is 5.99. The second-order valence-electron chi connectivity index (χ2n) is 8.33. The minimum Gasteiger partial charge on any atom is -0.371 e. The van der Waals surface area contributed by atoms with E-state index in [1.807, 2.05) is 24.0 Å². The first-order valence-corrected chi connectivity index (χ1v) is 11.3. The Balaban J connectivity index is 1.57. The number of rotatable bonds is 3. The van der Waals surface area contributed by atoms with E-state index >= 15 is 0 Å². The van der Waals surface area contributed by atoms with Crippen molar-refractivity contribution >= 4 is 22.6 Å². The molecule has 28 heavy (non-hydrogen) atoms. The van der Waals surface area contributed by atoms with Crippen LogP contribution in [0.25, 0.3) is 0 Å². The van der Waals surface area contributed by atoms with Gasteiger partial charge in [-0.3, -0.25) is 9.98 Å². The SMILES string of the molecule is Cc1cc(N2CCCC2)c(C)cc1[C@H]1[C@@H](c2ccccn2)N=C2S[C@@H](C)CN21. The van der Waals surface area contributed by atoms with Gasteiger partial charge in [0.05, 0.1) is 11.7 Å². The van der Waals surface area contributed by atoms with Crippen LogP contribution < -0.4 is 4.90 Å². The molecule has 0 spiro atoms. The quantitative estimate of drug-likeness (QED) is 0.744. The van der Waals surface area contributed by atoms with E-state index < -0.39 is 0 Å². The minimum atomic E-state index is 0.0759. The van der Waals surface area contributed by atoms with Crippen LogP contribution in [0.2, 0.25) is 0 Å². The summed E-state index contributed by atoms with van der Waals surface area (Å²) in [6, 6.07) is 11.3. The van der Waals surface area contributed by atoms with Gasteiger partial charge in [0.25, 0.3) is 0 Å². The predicted octanol–water partition coefficient (Wildman–Crippen LogP) is 4.89. The highest BCUT2D eigenvalue weighted by atomic mass is 32.2. The van der Waals surface area contributed by atoms with Gasteiger partial charge in [-0.25, -0.2) is 0 Å². The second kappa shape index (κ2) is 7.11. The summed E-state index contributed by atoms with van der Waals surface area (Å²) in [7, 11) is 0. The first kappa shape index (κ1) is 18.0. The molecule has 0 amide bonds. The number of benzene rings is 1. The molecule has 5 heteroatoms. The number of fused-ring (bicyclic) bond motifs is 1. The van der Waals surface area contributed by atoms with Gasteiger partial charge in [0.1, 0.15) is 6.04 Å². The lowest BCUT2D eigenvalue weighted by atomic mass is 9.91. The molecule has 2 fully saturated rings. The molecule has 3 aliphatic heterocycles. The zero-order chi connectivity index (χ0) is 19.3. The van der Waals surface area contributed by atoms with Crippen molar-refractivity contribution in [1.82, 2.24) is 9.88 Å². The zero-order valence-electron chi connectivity index (χ0n) is 16.9. The molecule has 3 atom stereocenters. The van der Waals surface area contributed by atoms with Crippen LogP contribution in [-0.2, 0) is 0 Å². The Kier molecular flexibility index (Phi) is 4.58. The molecule has 5 rings (SSSR count). The van der Waals surface area contributed by atoms with Gasteiger partial charge in [-0.1, -0.05) is 30.8 Å². The summed E-state index contributed by atoms with van der Waals surface area (Å²) >= 11 is 1.91. The van der Waals surface area contributed by atoms with Crippen molar-refractivity contribution in [3.63, 3.8) is 0 Å². The molecule has 2 saturated heterocycles. The van der Waals surface area contributed by atoms with Crippen molar-refractivity contribution in [2.45, 2.75) is 50.9 Å². The molecule has 146 valence electrons. The summed E-state index contributed by atoms with van der Waals surface area (Å²) in [6.45, 7) is 10.3. The van der Waals surface area contributed by atoms with Crippen molar-refractivity contribution in [3.05, 3.63) is 58.9 Å². The van der Waals surface area contributed by atoms with E-state index in [-0.39, 0.29) is 12.1 Å². The van der Waals surface area contributed by atoms with Crippen LogP contribution in [0.5, 0.6) is 0 Å². The van der Waals surface area contributed by atoms with E-state index in [0.717, 1.165) is 12.2 Å². The largest absolute Gasteiger partial charge is 0.371 e. The number of hydrogen-bond donors (Lipinski definition) is 0. The zero-order valence-corrected chi connectivity index (χ0v) is 17.7. The molecule has 0 radical (unpaired) electrons. The van der Waals surface area contributed by atoms with E-state index in [2.05, 4.69) is 59.8 Å². The summed E-state index contributed by atoms with van der Waals surface area (Å²) in [5, 5.41) is 1.78. The maximum Gasteiger partial charge on any atom is 0.160 e. The standard InChI is InChI=1S/C23H28N4S/c1-15-13-20(26-10-6-7-11-26)16(2)12-18(15)22-21(19-8-4-5-9-24-19)25-23-27(22)14-17(3)28-23/h4-5,8-9,12-13,17,21-22H,6-7,10-11,14H2,1-3H3/t17-,21+,22-/m0/s1. The third kappa shape index (κ3) is 3.00. The molecule has 0 unspecified atom stereocenters. The van der Waals surface area contributed by atoms with E-state index in [0.29, 0.717) is 5.25 Å². The number of pyridine rings is 1. The average Bonchev–Trinajstić information content (AvgIpc) is 3.40. The second-order valence-corrected chi connectivity index (χ2v) is 9.73. The van der Waals surface area contributed by atoms with Crippen LogP contribution in [0.15, 0.2) is 41.5 Å². The Morgan fingerprint density at radius 3 is 2.64 bits per heavy atom. The van der Waals surface area contributed by atoms with Crippen LogP contribution in [0, 0.1) is 13.8 Å². The van der Waals surface area contributed by atoms with Gasteiger partial charge in [0.2, 0.25) is 0 Å². The molecule has 1 aromatic heterocycles. The average molecular weight is 393 g/mol. The lowest BCUT2D eigenvalue weighted by Crippen LogP contribution is -2.29. The lowest BCUT2D eigenvalue weighted by molar-refractivity contribution is 0.320. The predicted molar refractivity (Wildman–Crippen MR) is 118 cm³/mol. The Labute approximate surface area is 172 Å². The first-order valence-electron chi connectivity index (χ1n) is 10.4. The van der Waals surface area contributed by atoms with Crippen molar-refractivity contribution in [1.29, 1.82) is 0 Å². The van der Waals surface area contributed by atoms with Gasteiger partial charge in [0, 0.05) is 36.8 Å². The smallest absolute Gasteiger partial charge is 0.160 e. The van der Waals surface area contributed by atoms with Gasteiger partial charge < -0.3 is 9.80 Å². The van der Waals surface area contributed by atoms with E-state index in [1.165, 1.54) is 53.5 Å². The fraction of sp³-hybridized carbons (Fsp3) is 0.478. The molecule has 0 N–H and O–H groups in total. The molecular weight excluding hydrogens is 364 g/mol. The maximum atomic E-state index is 5.13. The van der Waals surface area contributed by atoms with Gasteiger partial charge in [0.15, 0.2) is 5.17 Å². The molecule has 0 aliphatic carbocycles. The van der Waals surface area contributed by atoms with Crippen molar-refractivity contribution < 1.29 is 0 Å². The number of hydrogen-bond acceptors (Lipinski definition) is 5. The van der Waals surface area contributed by atoms with Gasteiger partial charge in [-0.2, -0.15) is 0 Å². The Hall–Kier alpha value is -2.01. The Bertz CT molecular complexity index is 904. The molecule has 2 aromatic rings. The van der Waals surface area contributed by atoms with Crippen LogP contribution in [0.1, 0.15) is 54.2 Å². The molecule has 0 saturated carbocycles. The molecule has 1 aromatic carbocycles. The Morgan fingerprint density at radius 2 is 1.89 bits per heavy atom. The topological polar surface area (TPSA) is 31.7 Å². The molecule has 0 bridgehead atoms. The summed E-state index contributed by atoms with van der Waals surface area (Å²) in [4.78, 5) is 14.9. The third-order valence-corrected chi connectivity index (χ3v) is 7.33. The fourth-order valence-electron chi connectivity index (χ4n) is 4.89. The normalized spacial score (nSPS) is 26.7. The van der Waals surface area contributed by atoms with E-state index in [9.17, 15) is 0 Å². The van der Waals surface area contributed by atoms with Crippen LogP contribution in [0.4, 0.5) is 5.69 Å². The highest BCUT2D eigenvalue weighted by Crippen LogP contribution is 2.48. The number of thioether (sulfide) groups is 1. The number of anilines is 1. The van der Waals surface area contributed by atoms with E-state index in [1.54, 1.807) is 0 Å². The van der Waals surface area contributed by atoms with Gasteiger partial charge in [-0.05, 0) is 61.6 Å². The summed E-state index contributed by atoms with van der Waals surface area (Å²) in [5.41, 5.74) is 6.65. The van der Waals surface area contributed by atoms with Crippen molar-refractivity contribution in [3.8, 4) is 0 Å². The van der Waals surface area contributed by atoms with Crippen molar-refractivity contribution in [2.75, 3.05) is 24.5 Å². The van der Waals surface area contributed by atoms with Crippen LogP contribution >= 0.6 is 11.8 Å². The number of aromatic nitrogens is 1. The molecular formula is C23H28N4S. The molecule has 4 heterocycles. The van der Waals surface area contributed by atoms with Gasteiger partial charge >= 0.3 is 0 Å². The van der Waals surface area contributed by atoms with Crippen LogP contribution in [-0.4, -0.2) is 39.9 Å². The molecule has 3 aliphatic rings. The van der Waals surface area contributed by atoms with E-state index in [4.69, 9.17) is 4.99 Å². The minimum absolute atomic E-state index is 0.0759. The maximum absolute atomic E-state index is 5.13. The Morgan fingerprint density at radius 1 is 1.07 bits per heavy atom. The monoisotopic (exact) mass is 392 g/mol. The van der Waals surface area contributed by atoms with Gasteiger partial charge in [-0.15, -0.1) is 0 Å². The number of aliphatic imine (C=N–C) groups is 1. The third-order valence-electron chi connectivity index (χ3n) is 6.23. The number of aryl methyl sites for hydroxylation is 2. The number of amidine groups is 1. The highest BCUT2D eigenvalue weighted by Gasteiger charge is 2.44. The summed E-state index contributed by atoms with van der Waals surface area (Å²) < 4.78 is 0. The van der Waals surface area contributed by atoms with Crippen LogP contribution in [0.3, 0.4) is 0 Å². The summed E-state index contributed by atoms with van der Waals surface area (Å²) in [6.07, 6.45) is 4.51. The number of nitrogens with zero attached hydrogens (tertiary/aromatic N) is 4. The van der Waals surface area contributed by atoms with Crippen molar-refractivity contribution in [2.24, 2.45) is 4.99 Å². The molecule has 4 nitrogen and oxygen atoms in total. The summed E-state index contributed by atoms with van der Waals surface area (Å²) in [5.74, 6) is 0.